The summed E-state index contributed by atoms with van der Waals surface area (Å²) in [7, 11) is 0. The Balaban J connectivity index is 1.73. The smallest absolute Gasteiger partial charge is 0.248 e. The SMILES string of the molecule is CCOc1ccc2c(c1)CN(Cc1cccc(C(N)=O)c1)CC2. The van der Waals surface area contributed by atoms with Gasteiger partial charge < -0.3 is 10.5 Å². The van der Waals surface area contributed by atoms with Crippen LogP contribution in [0.25, 0.3) is 0 Å². The number of nitrogens with zero attached hydrogens (tertiary/aromatic N) is 1. The Morgan fingerprint density at radius 3 is 2.87 bits per heavy atom. The molecule has 0 saturated heterocycles. The van der Waals surface area contributed by atoms with Crippen LogP contribution in [0.4, 0.5) is 0 Å². The van der Waals surface area contributed by atoms with E-state index in [4.69, 9.17) is 10.5 Å². The molecule has 0 fully saturated rings. The first-order chi connectivity index (χ1) is 11.2. The van der Waals surface area contributed by atoms with Crippen molar-refractivity contribution in [3.63, 3.8) is 0 Å². The van der Waals surface area contributed by atoms with E-state index >= 15 is 0 Å². The molecule has 0 saturated carbocycles. The summed E-state index contributed by atoms with van der Waals surface area (Å²) >= 11 is 0. The van der Waals surface area contributed by atoms with Crippen molar-refractivity contribution in [2.75, 3.05) is 13.2 Å². The summed E-state index contributed by atoms with van der Waals surface area (Å²) < 4.78 is 5.60. The highest BCUT2D eigenvalue weighted by Crippen LogP contribution is 2.25. The molecular formula is C19H22N2O2. The number of ether oxygens (including phenoxy) is 1. The number of hydrogen-bond donors (Lipinski definition) is 1. The van der Waals surface area contributed by atoms with Crippen LogP contribution in [0.2, 0.25) is 0 Å². The van der Waals surface area contributed by atoms with Crippen molar-refractivity contribution in [2.45, 2.75) is 26.4 Å². The van der Waals surface area contributed by atoms with Crippen molar-refractivity contribution >= 4 is 5.91 Å². The van der Waals surface area contributed by atoms with Crippen molar-refractivity contribution in [1.29, 1.82) is 0 Å². The Kier molecular flexibility index (Phi) is 4.63. The third kappa shape index (κ3) is 3.71. The molecule has 2 aromatic rings. The van der Waals surface area contributed by atoms with E-state index in [0.29, 0.717) is 12.2 Å². The van der Waals surface area contributed by atoms with Gasteiger partial charge in [-0.25, -0.2) is 0 Å². The van der Waals surface area contributed by atoms with Crippen LogP contribution in [0.5, 0.6) is 5.75 Å². The van der Waals surface area contributed by atoms with Gasteiger partial charge in [0.2, 0.25) is 5.91 Å². The summed E-state index contributed by atoms with van der Waals surface area (Å²) in [6, 6.07) is 13.9. The minimum Gasteiger partial charge on any atom is -0.494 e. The third-order valence-electron chi connectivity index (χ3n) is 4.20. The van der Waals surface area contributed by atoms with Gasteiger partial charge in [0.05, 0.1) is 6.61 Å². The van der Waals surface area contributed by atoms with E-state index in [2.05, 4.69) is 17.0 Å². The summed E-state index contributed by atoms with van der Waals surface area (Å²) in [5.74, 6) is 0.557. The number of benzene rings is 2. The number of hydrogen-bond acceptors (Lipinski definition) is 3. The fourth-order valence-electron chi connectivity index (χ4n) is 3.06. The van der Waals surface area contributed by atoms with Crippen LogP contribution in [0, 0.1) is 0 Å². The van der Waals surface area contributed by atoms with Crippen LogP contribution in [0.15, 0.2) is 42.5 Å². The average Bonchev–Trinajstić information content (AvgIpc) is 2.55. The van der Waals surface area contributed by atoms with Crippen LogP contribution in [0.3, 0.4) is 0 Å². The van der Waals surface area contributed by atoms with E-state index in [1.54, 1.807) is 6.07 Å². The van der Waals surface area contributed by atoms with Crippen molar-refractivity contribution in [1.82, 2.24) is 4.90 Å². The highest BCUT2D eigenvalue weighted by atomic mass is 16.5. The van der Waals surface area contributed by atoms with Crippen LogP contribution in [0.1, 0.15) is 34.0 Å². The van der Waals surface area contributed by atoms with Gasteiger partial charge in [0.25, 0.3) is 0 Å². The van der Waals surface area contributed by atoms with Gasteiger partial charge in [-0.15, -0.1) is 0 Å². The van der Waals surface area contributed by atoms with Gasteiger partial charge in [-0.3, -0.25) is 9.69 Å². The van der Waals surface area contributed by atoms with Gasteiger partial charge in [0.1, 0.15) is 5.75 Å². The summed E-state index contributed by atoms with van der Waals surface area (Å²) in [4.78, 5) is 13.7. The summed E-state index contributed by atoms with van der Waals surface area (Å²) in [5, 5.41) is 0. The molecule has 4 nitrogen and oxygen atoms in total. The zero-order chi connectivity index (χ0) is 16.2. The van der Waals surface area contributed by atoms with Crippen LogP contribution < -0.4 is 10.5 Å². The number of primary amides is 1. The molecular weight excluding hydrogens is 288 g/mol. The lowest BCUT2D eigenvalue weighted by molar-refractivity contribution is 0.1000. The molecule has 3 rings (SSSR count). The summed E-state index contributed by atoms with van der Waals surface area (Å²) in [6.45, 7) is 5.41. The van der Waals surface area contributed by atoms with E-state index in [9.17, 15) is 4.79 Å². The van der Waals surface area contributed by atoms with E-state index in [1.165, 1.54) is 11.1 Å². The zero-order valence-electron chi connectivity index (χ0n) is 13.4. The van der Waals surface area contributed by atoms with Crippen molar-refractivity contribution in [3.05, 3.63) is 64.7 Å². The van der Waals surface area contributed by atoms with Gasteiger partial charge in [-0.05, 0) is 54.3 Å². The van der Waals surface area contributed by atoms with E-state index in [-0.39, 0.29) is 5.91 Å². The van der Waals surface area contributed by atoms with Crippen LogP contribution in [-0.2, 0) is 19.5 Å². The van der Waals surface area contributed by atoms with Crippen molar-refractivity contribution in [3.8, 4) is 5.75 Å². The molecule has 0 atom stereocenters. The number of fused-ring (bicyclic) bond motifs is 1. The fourth-order valence-corrected chi connectivity index (χ4v) is 3.06. The first-order valence-electron chi connectivity index (χ1n) is 8.01. The Hall–Kier alpha value is -2.33. The first-order valence-corrected chi connectivity index (χ1v) is 8.01. The number of carbonyl (C=O) groups is 1. The molecule has 120 valence electrons. The topological polar surface area (TPSA) is 55.6 Å². The van der Waals surface area contributed by atoms with Crippen molar-refractivity contribution in [2.24, 2.45) is 5.73 Å². The maximum atomic E-state index is 11.3. The van der Waals surface area contributed by atoms with Crippen LogP contribution >= 0.6 is 0 Å². The molecule has 4 heteroatoms. The minimum absolute atomic E-state index is 0.378. The number of rotatable bonds is 5. The Morgan fingerprint density at radius 2 is 2.09 bits per heavy atom. The molecule has 0 radical (unpaired) electrons. The Bertz CT molecular complexity index is 712. The third-order valence-corrected chi connectivity index (χ3v) is 4.20. The number of nitrogens with two attached hydrogens (primary N) is 1. The van der Waals surface area contributed by atoms with E-state index < -0.39 is 0 Å². The largest absolute Gasteiger partial charge is 0.494 e. The van der Waals surface area contributed by atoms with E-state index in [1.807, 2.05) is 31.2 Å². The molecule has 2 aromatic carbocycles. The maximum Gasteiger partial charge on any atom is 0.248 e. The fraction of sp³-hybridized carbons (Fsp3) is 0.316. The second kappa shape index (κ2) is 6.84. The molecule has 1 aliphatic heterocycles. The Labute approximate surface area is 136 Å². The van der Waals surface area contributed by atoms with E-state index in [0.717, 1.165) is 37.4 Å². The van der Waals surface area contributed by atoms with Crippen molar-refractivity contribution < 1.29 is 9.53 Å². The molecule has 0 bridgehead atoms. The normalized spacial score (nSPS) is 14.3. The second-order valence-corrected chi connectivity index (χ2v) is 5.89. The molecule has 2 N–H and O–H groups in total. The molecule has 1 heterocycles. The first kappa shape index (κ1) is 15.6. The number of carbonyl (C=O) groups excluding carboxylic acids is 1. The van der Waals surface area contributed by atoms with Gasteiger partial charge in [-0.2, -0.15) is 0 Å². The van der Waals surface area contributed by atoms with Gasteiger partial charge in [0, 0.05) is 25.2 Å². The quantitative estimate of drug-likeness (QED) is 0.924. The molecule has 1 amide bonds. The lowest BCUT2D eigenvalue weighted by atomic mass is 9.99. The lowest BCUT2D eigenvalue weighted by Gasteiger charge is -2.29. The predicted octanol–water partition coefficient (Wildman–Crippen LogP) is 2.74. The maximum absolute atomic E-state index is 11.3. The monoisotopic (exact) mass is 310 g/mol. The second-order valence-electron chi connectivity index (χ2n) is 5.89. The number of amides is 1. The van der Waals surface area contributed by atoms with Gasteiger partial charge in [0.15, 0.2) is 0 Å². The molecule has 0 unspecified atom stereocenters. The van der Waals surface area contributed by atoms with Gasteiger partial charge >= 0.3 is 0 Å². The molecule has 0 spiro atoms. The molecule has 23 heavy (non-hydrogen) atoms. The predicted molar refractivity (Wildman–Crippen MR) is 90.4 cm³/mol. The standard InChI is InChI=1S/C19H22N2O2/c1-2-23-18-7-6-15-8-9-21(13-17(15)11-18)12-14-4-3-5-16(10-14)19(20)22/h3-7,10-11H,2,8-9,12-13H2,1H3,(H2,20,22). The minimum atomic E-state index is -0.378. The molecule has 1 aliphatic rings. The Morgan fingerprint density at radius 1 is 1.22 bits per heavy atom. The molecule has 0 aliphatic carbocycles. The summed E-state index contributed by atoms with van der Waals surface area (Å²) in [5.41, 5.74) is 9.77. The molecule has 0 aromatic heterocycles. The highest BCUT2D eigenvalue weighted by Gasteiger charge is 2.17. The zero-order valence-corrected chi connectivity index (χ0v) is 13.4. The highest BCUT2D eigenvalue weighted by molar-refractivity contribution is 5.92. The average molecular weight is 310 g/mol. The lowest BCUT2D eigenvalue weighted by Crippen LogP contribution is -2.30. The van der Waals surface area contributed by atoms with Gasteiger partial charge in [-0.1, -0.05) is 18.2 Å². The van der Waals surface area contributed by atoms with Crippen LogP contribution in [-0.4, -0.2) is 24.0 Å². The summed E-state index contributed by atoms with van der Waals surface area (Å²) in [6.07, 6.45) is 1.04.